The number of benzene rings is 2. The van der Waals surface area contributed by atoms with E-state index < -0.39 is 24.2 Å². The van der Waals surface area contributed by atoms with Gasteiger partial charge in [0.15, 0.2) is 6.61 Å². The second-order valence-corrected chi connectivity index (χ2v) is 6.19. The number of hydrogen-bond donors (Lipinski definition) is 2. The Morgan fingerprint density at radius 3 is 2.67 bits per heavy atom. The van der Waals surface area contributed by atoms with E-state index in [1.165, 1.54) is 18.2 Å². The first kappa shape index (κ1) is 18.3. The van der Waals surface area contributed by atoms with Gasteiger partial charge in [-0.25, -0.2) is 13.6 Å². The lowest BCUT2D eigenvalue weighted by Crippen LogP contribution is -2.15. The van der Waals surface area contributed by atoms with Crippen LogP contribution in [0.3, 0.4) is 0 Å². The fraction of sp³-hybridized carbons (Fsp3) is 0.125. The van der Waals surface area contributed by atoms with E-state index in [-0.39, 0.29) is 17.2 Å². The number of thiocarbonyl (C=S) groups is 1. The van der Waals surface area contributed by atoms with Crippen molar-refractivity contribution in [1.82, 2.24) is 0 Å². The average Bonchev–Trinajstić information content (AvgIpc) is 2.50. The van der Waals surface area contributed by atoms with Gasteiger partial charge >= 0.3 is 5.97 Å². The lowest BCUT2D eigenvalue weighted by atomic mass is 10.1. The van der Waals surface area contributed by atoms with Crippen molar-refractivity contribution in [2.75, 3.05) is 11.9 Å². The van der Waals surface area contributed by atoms with Crippen LogP contribution in [0.4, 0.5) is 14.5 Å². The molecule has 0 heterocycles. The second-order valence-electron chi connectivity index (χ2n) is 4.78. The van der Waals surface area contributed by atoms with Crippen LogP contribution in [0.2, 0.25) is 0 Å². The first-order valence-electron chi connectivity index (χ1n) is 6.73. The predicted molar refractivity (Wildman–Crippen MR) is 93.6 cm³/mol. The Morgan fingerprint density at radius 2 is 2.00 bits per heavy atom. The Hall–Kier alpha value is -2.06. The zero-order chi connectivity index (χ0) is 17.7. The van der Waals surface area contributed by atoms with E-state index in [9.17, 15) is 13.6 Å². The number of carbonyl (C=O) groups is 1. The standard InChI is InChI=1S/C16H12BrF2NO3S/c17-10-2-1-9(12(19)6-10)5-15(24)20-13-4-3-11(18)7-14(13)23-8-16(21)22/h1-4,6-7H,5,8H2,(H,20,24)(H,21,22). The molecular formula is C16H12BrF2NO3S. The minimum absolute atomic E-state index is 0.0102. The topological polar surface area (TPSA) is 58.6 Å². The smallest absolute Gasteiger partial charge is 0.341 e. The molecule has 0 aliphatic heterocycles. The third kappa shape index (κ3) is 5.24. The zero-order valence-corrected chi connectivity index (χ0v) is 14.6. The number of rotatable bonds is 6. The van der Waals surface area contributed by atoms with Gasteiger partial charge < -0.3 is 15.2 Å². The van der Waals surface area contributed by atoms with Gasteiger partial charge in [0.25, 0.3) is 0 Å². The van der Waals surface area contributed by atoms with E-state index in [1.54, 1.807) is 12.1 Å². The molecule has 0 aliphatic carbocycles. The molecule has 2 aromatic rings. The molecule has 0 saturated carbocycles. The maximum atomic E-state index is 13.8. The number of aliphatic carboxylic acids is 1. The highest BCUT2D eigenvalue weighted by Gasteiger charge is 2.11. The van der Waals surface area contributed by atoms with Crippen LogP contribution in [0, 0.1) is 11.6 Å². The zero-order valence-electron chi connectivity index (χ0n) is 12.2. The number of carboxylic acid groups (broad SMARTS) is 1. The SMILES string of the molecule is O=C(O)COc1cc(F)ccc1NC(=S)Cc1ccc(Br)cc1F. The summed E-state index contributed by atoms with van der Waals surface area (Å²) >= 11 is 8.36. The van der Waals surface area contributed by atoms with Gasteiger partial charge in [-0.1, -0.05) is 34.2 Å². The summed E-state index contributed by atoms with van der Waals surface area (Å²) in [5, 5.41) is 11.5. The summed E-state index contributed by atoms with van der Waals surface area (Å²) in [4.78, 5) is 10.9. The van der Waals surface area contributed by atoms with E-state index in [1.807, 2.05) is 0 Å². The van der Waals surface area contributed by atoms with Crippen LogP contribution >= 0.6 is 28.1 Å². The maximum Gasteiger partial charge on any atom is 0.341 e. The normalized spacial score (nSPS) is 10.3. The summed E-state index contributed by atoms with van der Waals surface area (Å²) in [5.74, 6) is -2.17. The molecule has 126 valence electrons. The molecule has 0 aliphatic rings. The number of halogens is 3. The van der Waals surface area contributed by atoms with Crippen molar-refractivity contribution in [2.45, 2.75) is 6.42 Å². The molecule has 0 bridgehead atoms. The monoisotopic (exact) mass is 415 g/mol. The van der Waals surface area contributed by atoms with Crippen molar-refractivity contribution in [1.29, 1.82) is 0 Å². The molecule has 0 radical (unpaired) electrons. The van der Waals surface area contributed by atoms with E-state index in [0.717, 1.165) is 6.07 Å². The van der Waals surface area contributed by atoms with Crippen molar-refractivity contribution in [3.8, 4) is 5.75 Å². The van der Waals surface area contributed by atoms with Gasteiger partial charge in [0, 0.05) is 17.0 Å². The minimum Gasteiger partial charge on any atom is -0.480 e. The summed E-state index contributed by atoms with van der Waals surface area (Å²) in [6.07, 6.45) is 0.129. The molecule has 0 fully saturated rings. The highest BCUT2D eigenvalue weighted by atomic mass is 79.9. The number of ether oxygens (including phenoxy) is 1. The van der Waals surface area contributed by atoms with Crippen molar-refractivity contribution >= 4 is 44.8 Å². The molecule has 8 heteroatoms. The molecule has 2 N–H and O–H groups in total. The molecule has 24 heavy (non-hydrogen) atoms. The number of carboxylic acids is 1. The van der Waals surface area contributed by atoms with Crippen LogP contribution in [0.15, 0.2) is 40.9 Å². The van der Waals surface area contributed by atoms with Crippen LogP contribution in [0.5, 0.6) is 5.75 Å². The van der Waals surface area contributed by atoms with Gasteiger partial charge in [0.05, 0.1) is 10.7 Å². The molecule has 2 aromatic carbocycles. The molecule has 0 spiro atoms. The van der Waals surface area contributed by atoms with Gasteiger partial charge in [0.1, 0.15) is 17.4 Å². The van der Waals surface area contributed by atoms with Crippen LogP contribution in [-0.4, -0.2) is 22.7 Å². The lowest BCUT2D eigenvalue weighted by Gasteiger charge is -2.13. The molecular weight excluding hydrogens is 404 g/mol. The number of hydrogen-bond acceptors (Lipinski definition) is 3. The van der Waals surface area contributed by atoms with Crippen LogP contribution < -0.4 is 10.1 Å². The van der Waals surface area contributed by atoms with Crippen molar-refractivity contribution < 1.29 is 23.4 Å². The largest absolute Gasteiger partial charge is 0.480 e. The maximum absolute atomic E-state index is 13.8. The van der Waals surface area contributed by atoms with Gasteiger partial charge in [-0.2, -0.15) is 0 Å². The van der Waals surface area contributed by atoms with Crippen molar-refractivity contribution in [2.24, 2.45) is 0 Å². The summed E-state index contributed by atoms with van der Waals surface area (Å²) in [7, 11) is 0. The van der Waals surface area contributed by atoms with Crippen molar-refractivity contribution in [3.05, 3.63) is 58.1 Å². The van der Waals surface area contributed by atoms with Crippen LogP contribution in [0.1, 0.15) is 5.56 Å². The third-order valence-corrected chi connectivity index (χ3v) is 3.67. The Bertz CT molecular complexity index is 786. The molecule has 0 amide bonds. The second kappa shape index (κ2) is 8.16. The molecule has 0 unspecified atom stereocenters. The van der Waals surface area contributed by atoms with Crippen LogP contribution in [-0.2, 0) is 11.2 Å². The predicted octanol–water partition coefficient (Wildman–Crippen LogP) is 4.17. The fourth-order valence-corrected chi connectivity index (χ4v) is 2.49. The minimum atomic E-state index is -1.19. The summed E-state index contributed by atoms with van der Waals surface area (Å²) < 4.78 is 32.8. The summed E-state index contributed by atoms with van der Waals surface area (Å²) in [5.41, 5.74) is 0.700. The molecule has 0 aromatic heterocycles. The summed E-state index contributed by atoms with van der Waals surface area (Å²) in [6, 6.07) is 8.22. The average molecular weight is 416 g/mol. The highest BCUT2D eigenvalue weighted by Crippen LogP contribution is 2.26. The number of nitrogens with one attached hydrogen (secondary N) is 1. The Balaban J connectivity index is 2.11. The highest BCUT2D eigenvalue weighted by molar-refractivity contribution is 9.10. The van der Waals surface area contributed by atoms with E-state index in [4.69, 9.17) is 22.1 Å². The van der Waals surface area contributed by atoms with Gasteiger partial charge in [0.2, 0.25) is 0 Å². The van der Waals surface area contributed by atoms with E-state index >= 15 is 0 Å². The first-order valence-corrected chi connectivity index (χ1v) is 7.93. The third-order valence-electron chi connectivity index (χ3n) is 2.94. The Labute approximate surface area is 150 Å². The molecule has 0 atom stereocenters. The van der Waals surface area contributed by atoms with E-state index in [0.29, 0.717) is 15.7 Å². The van der Waals surface area contributed by atoms with Crippen molar-refractivity contribution in [3.63, 3.8) is 0 Å². The quantitative estimate of drug-likeness (QED) is 0.693. The first-order chi connectivity index (χ1) is 11.3. The lowest BCUT2D eigenvalue weighted by molar-refractivity contribution is -0.139. The Kier molecular flexibility index (Phi) is 6.22. The van der Waals surface area contributed by atoms with Crippen LogP contribution in [0.25, 0.3) is 0 Å². The Morgan fingerprint density at radius 1 is 1.25 bits per heavy atom. The molecule has 4 nitrogen and oxygen atoms in total. The fourth-order valence-electron chi connectivity index (χ4n) is 1.89. The van der Waals surface area contributed by atoms with Gasteiger partial charge in [-0.05, 0) is 29.8 Å². The van der Waals surface area contributed by atoms with Gasteiger partial charge in [-0.3, -0.25) is 0 Å². The molecule has 2 rings (SSSR count). The van der Waals surface area contributed by atoms with Gasteiger partial charge in [-0.15, -0.1) is 0 Å². The molecule has 0 saturated heterocycles. The van der Waals surface area contributed by atoms with E-state index in [2.05, 4.69) is 21.2 Å². The summed E-state index contributed by atoms with van der Waals surface area (Å²) in [6.45, 7) is -0.619. The number of anilines is 1.